The van der Waals surface area contributed by atoms with Gasteiger partial charge in [0.25, 0.3) is 0 Å². The number of sulfonamides is 1. The average molecular weight is 220 g/mol. The summed E-state index contributed by atoms with van der Waals surface area (Å²) in [5.41, 5.74) is 0. The van der Waals surface area contributed by atoms with Crippen molar-refractivity contribution in [3.63, 3.8) is 0 Å². The van der Waals surface area contributed by atoms with Gasteiger partial charge in [0, 0.05) is 19.6 Å². The summed E-state index contributed by atoms with van der Waals surface area (Å²) in [5.74, 6) is 0.237. The standard InChI is InChI=1S/C9H20N2O2S/c1-2-10-6-9-14(12,13)11-7-4-3-5-8-11/h10H,2-9H2,1H3. The van der Waals surface area contributed by atoms with Crippen molar-refractivity contribution in [1.82, 2.24) is 9.62 Å². The molecule has 0 aliphatic carbocycles. The van der Waals surface area contributed by atoms with Gasteiger partial charge in [-0.25, -0.2) is 12.7 Å². The van der Waals surface area contributed by atoms with Crippen LogP contribution in [0.3, 0.4) is 0 Å². The Bertz CT molecular complexity index is 246. The first kappa shape index (κ1) is 11.9. The van der Waals surface area contributed by atoms with E-state index in [0.29, 0.717) is 19.6 Å². The van der Waals surface area contributed by atoms with Gasteiger partial charge < -0.3 is 5.32 Å². The van der Waals surface area contributed by atoms with Gasteiger partial charge in [-0.15, -0.1) is 0 Å². The molecule has 0 unspecified atom stereocenters. The van der Waals surface area contributed by atoms with Crippen LogP contribution >= 0.6 is 0 Å². The van der Waals surface area contributed by atoms with Gasteiger partial charge in [0.05, 0.1) is 5.75 Å². The molecule has 0 bridgehead atoms. The summed E-state index contributed by atoms with van der Waals surface area (Å²) in [7, 11) is -2.98. The summed E-state index contributed by atoms with van der Waals surface area (Å²) >= 11 is 0. The van der Waals surface area contributed by atoms with Gasteiger partial charge in [0.15, 0.2) is 0 Å². The van der Waals surface area contributed by atoms with Crippen molar-refractivity contribution in [3.8, 4) is 0 Å². The minimum atomic E-state index is -2.98. The molecule has 1 heterocycles. The van der Waals surface area contributed by atoms with E-state index in [1.54, 1.807) is 4.31 Å². The van der Waals surface area contributed by atoms with Crippen molar-refractivity contribution in [2.24, 2.45) is 0 Å². The zero-order valence-electron chi connectivity index (χ0n) is 8.83. The van der Waals surface area contributed by atoms with Crippen molar-refractivity contribution in [3.05, 3.63) is 0 Å². The highest BCUT2D eigenvalue weighted by Crippen LogP contribution is 2.12. The molecule has 1 saturated heterocycles. The smallest absolute Gasteiger partial charge is 0.215 e. The van der Waals surface area contributed by atoms with Crippen molar-refractivity contribution < 1.29 is 8.42 Å². The molecule has 0 aromatic rings. The van der Waals surface area contributed by atoms with Crippen LogP contribution in [-0.4, -0.2) is 44.7 Å². The molecule has 0 aromatic carbocycles. The summed E-state index contributed by atoms with van der Waals surface area (Å²) in [6.07, 6.45) is 3.19. The van der Waals surface area contributed by atoms with Crippen LogP contribution in [-0.2, 0) is 10.0 Å². The lowest BCUT2D eigenvalue weighted by atomic mass is 10.2. The lowest BCUT2D eigenvalue weighted by molar-refractivity contribution is 0.346. The molecular weight excluding hydrogens is 200 g/mol. The molecule has 1 N–H and O–H groups in total. The molecular formula is C9H20N2O2S. The summed E-state index contributed by atoms with van der Waals surface area (Å²) in [4.78, 5) is 0. The molecule has 0 spiro atoms. The largest absolute Gasteiger partial charge is 0.316 e. The van der Waals surface area contributed by atoms with Gasteiger partial charge in [-0.1, -0.05) is 13.3 Å². The Morgan fingerprint density at radius 3 is 2.43 bits per heavy atom. The van der Waals surface area contributed by atoms with E-state index in [0.717, 1.165) is 19.4 Å². The first-order valence-corrected chi connectivity index (χ1v) is 6.96. The first-order chi connectivity index (χ1) is 6.67. The van der Waals surface area contributed by atoms with E-state index in [-0.39, 0.29) is 5.75 Å². The van der Waals surface area contributed by atoms with Gasteiger partial charge in [-0.2, -0.15) is 0 Å². The van der Waals surface area contributed by atoms with Crippen LogP contribution in [0.2, 0.25) is 0 Å². The van der Waals surface area contributed by atoms with Crippen LogP contribution in [0.1, 0.15) is 26.2 Å². The van der Waals surface area contributed by atoms with Gasteiger partial charge in [0.1, 0.15) is 0 Å². The molecule has 84 valence electrons. The molecule has 4 nitrogen and oxygen atoms in total. The predicted molar refractivity (Wildman–Crippen MR) is 57.8 cm³/mol. The molecule has 0 radical (unpaired) electrons. The Morgan fingerprint density at radius 2 is 1.86 bits per heavy atom. The van der Waals surface area contributed by atoms with E-state index < -0.39 is 10.0 Å². The monoisotopic (exact) mass is 220 g/mol. The maximum Gasteiger partial charge on any atom is 0.215 e. The second kappa shape index (κ2) is 5.68. The van der Waals surface area contributed by atoms with Gasteiger partial charge in [-0.3, -0.25) is 0 Å². The lowest BCUT2D eigenvalue weighted by Crippen LogP contribution is -2.39. The third-order valence-electron chi connectivity index (χ3n) is 2.50. The number of nitrogens with one attached hydrogen (secondary N) is 1. The topological polar surface area (TPSA) is 49.4 Å². The normalized spacial score (nSPS) is 19.8. The van der Waals surface area contributed by atoms with Gasteiger partial charge in [-0.05, 0) is 19.4 Å². The maximum absolute atomic E-state index is 11.7. The molecule has 0 atom stereocenters. The number of hydrogen-bond acceptors (Lipinski definition) is 3. The van der Waals surface area contributed by atoms with E-state index >= 15 is 0 Å². The van der Waals surface area contributed by atoms with Crippen LogP contribution in [0, 0.1) is 0 Å². The van der Waals surface area contributed by atoms with Gasteiger partial charge in [0.2, 0.25) is 10.0 Å². The minimum absolute atomic E-state index is 0.237. The second-order valence-corrected chi connectivity index (χ2v) is 5.72. The number of hydrogen-bond donors (Lipinski definition) is 1. The lowest BCUT2D eigenvalue weighted by Gasteiger charge is -2.25. The van der Waals surface area contributed by atoms with Crippen LogP contribution in [0.15, 0.2) is 0 Å². The highest BCUT2D eigenvalue weighted by molar-refractivity contribution is 7.89. The fraction of sp³-hybridized carbons (Fsp3) is 1.00. The van der Waals surface area contributed by atoms with Crippen molar-refractivity contribution in [2.75, 3.05) is 31.9 Å². The molecule has 14 heavy (non-hydrogen) atoms. The van der Waals surface area contributed by atoms with Crippen LogP contribution < -0.4 is 5.32 Å². The zero-order chi connectivity index (χ0) is 10.4. The summed E-state index contributed by atoms with van der Waals surface area (Å²) in [5, 5.41) is 3.04. The zero-order valence-corrected chi connectivity index (χ0v) is 9.65. The Labute approximate surface area is 86.7 Å². The third kappa shape index (κ3) is 3.55. The quantitative estimate of drug-likeness (QED) is 0.683. The molecule has 0 aromatic heterocycles. The Morgan fingerprint density at radius 1 is 1.21 bits per heavy atom. The summed E-state index contributed by atoms with van der Waals surface area (Å²) in [6.45, 7) is 4.81. The third-order valence-corrected chi connectivity index (χ3v) is 4.37. The van der Waals surface area contributed by atoms with Crippen LogP contribution in [0.5, 0.6) is 0 Å². The fourth-order valence-electron chi connectivity index (χ4n) is 1.65. The average Bonchev–Trinajstić information content (AvgIpc) is 2.19. The predicted octanol–water partition coefficient (Wildman–Crippen LogP) is 0.412. The summed E-state index contributed by atoms with van der Waals surface area (Å²) < 4.78 is 25.1. The first-order valence-electron chi connectivity index (χ1n) is 5.35. The van der Waals surface area contributed by atoms with Crippen molar-refractivity contribution in [2.45, 2.75) is 26.2 Å². The van der Waals surface area contributed by atoms with E-state index in [4.69, 9.17) is 0 Å². The number of piperidine rings is 1. The van der Waals surface area contributed by atoms with Gasteiger partial charge >= 0.3 is 0 Å². The fourth-order valence-corrected chi connectivity index (χ4v) is 3.13. The van der Waals surface area contributed by atoms with E-state index in [1.807, 2.05) is 6.92 Å². The highest BCUT2D eigenvalue weighted by Gasteiger charge is 2.22. The molecule has 1 aliphatic heterocycles. The number of nitrogens with zero attached hydrogens (tertiary/aromatic N) is 1. The SMILES string of the molecule is CCNCCS(=O)(=O)N1CCCCC1. The Balaban J connectivity index is 2.38. The second-order valence-electron chi connectivity index (χ2n) is 3.63. The van der Waals surface area contributed by atoms with E-state index in [2.05, 4.69) is 5.32 Å². The Hall–Kier alpha value is -0.130. The molecule has 5 heteroatoms. The minimum Gasteiger partial charge on any atom is -0.316 e. The number of rotatable bonds is 5. The molecule has 1 aliphatic rings. The van der Waals surface area contributed by atoms with E-state index in [1.165, 1.54) is 6.42 Å². The highest BCUT2D eigenvalue weighted by atomic mass is 32.2. The van der Waals surface area contributed by atoms with Crippen LogP contribution in [0.25, 0.3) is 0 Å². The van der Waals surface area contributed by atoms with Crippen LogP contribution in [0.4, 0.5) is 0 Å². The Kier molecular flexibility index (Phi) is 4.84. The molecule has 1 fully saturated rings. The van der Waals surface area contributed by atoms with Crippen molar-refractivity contribution in [1.29, 1.82) is 0 Å². The van der Waals surface area contributed by atoms with Crippen molar-refractivity contribution >= 4 is 10.0 Å². The molecule has 0 amide bonds. The molecule has 1 rings (SSSR count). The maximum atomic E-state index is 11.7. The molecule has 0 saturated carbocycles. The van der Waals surface area contributed by atoms with E-state index in [9.17, 15) is 8.42 Å². The summed E-state index contributed by atoms with van der Waals surface area (Å²) in [6, 6.07) is 0.